The second-order valence-electron chi connectivity index (χ2n) is 5.89. The number of aromatic nitrogens is 3. The van der Waals surface area contributed by atoms with Gasteiger partial charge in [0.25, 0.3) is 0 Å². The summed E-state index contributed by atoms with van der Waals surface area (Å²) in [5.74, 6) is -1.84. The molecule has 0 aliphatic rings. The van der Waals surface area contributed by atoms with Gasteiger partial charge in [-0.1, -0.05) is 0 Å². The lowest BCUT2D eigenvalue weighted by Gasteiger charge is -2.11. The minimum Gasteiger partial charge on any atom is -0.493 e. The molecule has 0 aliphatic carbocycles. The summed E-state index contributed by atoms with van der Waals surface area (Å²) >= 11 is 5.20. The van der Waals surface area contributed by atoms with Crippen LogP contribution in [-0.2, 0) is 6.18 Å². The summed E-state index contributed by atoms with van der Waals surface area (Å²) in [7, 11) is 0. The Morgan fingerprint density at radius 1 is 1.28 bits per heavy atom. The topological polar surface area (TPSA) is 83.8 Å². The zero-order valence-corrected chi connectivity index (χ0v) is 15.3. The second-order valence-corrected chi connectivity index (χ2v) is 6.26. The number of hydrogen-bond acceptors (Lipinski definition) is 5. The number of Topliss-reactive ketones (excluding diaryl/α,β-unsaturated/α-hetero) is 1. The molecule has 6 nitrogen and oxygen atoms in total. The standard InChI is InChI=1S/C18H10F4N4O2S/c1-9(27)12-3-2-10(5-14(12)19)25-8-16(28)26(17(25)29)11-4-13(18(20,21)22)15(6-23)24-7-11/h2-5,7-8,28H,1H3. The van der Waals surface area contributed by atoms with Gasteiger partial charge >= 0.3 is 6.18 Å². The fraction of sp³-hybridized carbons (Fsp3) is 0.111. The van der Waals surface area contributed by atoms with Crippen LogP contribution >= 0.6 is 12.2 Å². The Hall–Kier alpha value is -3.52. The molecule has 3 aromatic rings. The number of rotatable bonds is 3. The van der Waals surface area contributed by atoms with Gasteiger partial charge in [-0.15, -0.1) is 0 Å². The Balaban J connectivity index is 2.17. The van der Waals surface area contributed by atoms with Crippen molar-refractivity contribution in [3.63, 3.8) is 0 Å². The van der Waals surface area contributed by atoms with Crippen LogP contribution in [0.5, 0.6) is 5.88 Å². The van der Waals surface area contributed by atoms with Gasteiger partial charge in [0.05, 0.1) is 34.9 Å². The number of carbonyl (C=O) groups is 1. The van der Waals surface area contributed by atoms with Gasteiger partial charge in [0.2, 0.25) is 5.88 Å². The summed E-state index contributed by atoms with van der Waals surface area (Å²) in [6.45, 7) is 1.20. The van der Waals surface area contributed by atoms with Crippen molar-refractivity contribution in [3.8, 4) is 23.3 Å². The third-order valence-corrected chi connectivity index (χ3v) is 4.40. The van der Waals surface area contributed by atoms with Gasteiger partial charge in [-0.3, -0.25) is 13.9 Å². The average molecular weight is 422 g/mol. The smallest absolute Gasteiger partial charge is 0.419 e. The third kappa shape index (κ3) is 3.62. The highest BCUT2D eigenvalue weighted by Crippen LogP contribution is 2.33. The summed E-state index contributed by atoms with van der Waals surface area (Å²) in [5, 5.41) is 19.1. The molecule has 0 atom stereocenters. The minimum atomic E-state index is -4.85. The second kappa shape index (κ2) is 7.14. The van der Waals surface area contributed by atoms with Crippen LogP contribution in [0.25, 0.3) is 11.4 Å². The Kier molecular flexibility index (Phi) is 4.98. The quantitative estimate of drug-likeness (QED) is 0.386. The maximum absolute atomic E-state index is 14.1. The number of nitriles is 1. The molecular formula is C18H10F4N4O2S. The molecule has 0 fully saturated rings. The van der Waals surface area contributed by atoms with E-state index in [9.17, 15) is 27.5 Å². The lowest BCUT2D eigenvalue weighted by Crippen LogP contribution is -2.11. The SMILES string of the molecule is CC(=O)c1ccc(-n2cc(O)n(-c3cnc(C#N)c(C(F)(F)F)c3)c2=S)cc1F. The minimum absolute atomic E-state index is 0.143. The molecule has 2 aromatic heterocycles. The van der Waals surface area contributed by atoms with Gasteiger partial charge in [0.1, 0.15) is 11.9 Å². The van der Waals surface area contributed by atoms with E-state index < -0.39 is 34.9 Å². The predicted octanol–water partition coefficient (Wildman–Crippen LogP) is 4.33. The number of halogens is 4. The van der Waals surface area contributed by atoms with Crippen molar-refractivity contribution in [1.82, 2.24) is 14.1 Å². The van der Waals surface area contributed by atoms with Gasteiger partial charge in [-0.2, -0.15) is 18.4 Å². The first-order valence-electron chi connectivity index (χ1n) is 7.86. The Bertz CT molecular complexity index is 1240. The predicted molar refractivity (Wildman–Crippen MR) is 95.1 cm³/mol. The number of hydrogen-bond donors (Lipinski definition) is 1. The van der Waals surface area contributed by atoms with Crippen LogP contribution in [-0.4, -0.2) is 25.0 Å². The van der Waals surface area contributed by atoms with Crippen molar-refractivity contribution in [2.24, 2.45) is 0 Å². The van der Waals surface area contributed by atoms with Gasteiger partial charge in [-0.05, 0) is 43.4 Å². The largest absolute Gasteiger partial charge is 0.493 e. The van der Waals surface area contributed by atoms with Crippen molar-refractivity contribution >= 4 is 18.0 Å². The van der Waals surface area contributed by atoms with E-state index in [-0.39, 0.29) is 21.7 Å². The van der Waals surface area contributed by atoms with Crippen LogP contribution in [0.1, 0.15) is 28.5 Å². The summed E-state index contributed by atoms with van der Waals surface area (Å²) < 4.78 is 55.5. The third-order valence-electron chi connectivity index (χ3n) is 4.02. The highest BCUT2D eigenvalue weighted by atomic mass is 32.1. The van der Waals surface area contributed by atoms with E-state index in [0.29, 0.717) is 6.07 Å². The zero-order chi connectivity index (χ0) is 21.5. The monoisotopic (exact) mass is 422 g/mol. The summed E-state index contributed by atoms with van der Waals surface area (Å²) in [6, 6.07) is 5.60. The van der Waals surface area contributed by atoms with Crippen molar-refractivity contribution < 1.29 is 27.5 Å². The molecule has 0 bridgehead atoms. The molecule has 0 saturated carbocycles. The van der Waals surface area contributed by atoms with E-state index in [1.165, 1.54) is 25.1 Å². The number of nitrogens with zero attached hydrogens (tertiary/aromatic N) is 4. The fourth-order valence-electron chi connectivity index (χ4n) is 2.68. The maximum atomic E-state index is 14.1. The van der Waals surface area contributed by atoms with E-state index in [1.807, 2.05) is 0 Å². The zero-order valence-electron chi connectivity index (χ0n) is 14.5. The van der Waals surface area contributed by atoms with E-state index in [4.69, 9.17) is 17.5 Å². The Labute approximate surface area is 165 Å². The van der Waals surface area contributed by atoms with E-state index in [2.05, 4.69) is 4.98 Å². The molecule has 148 valence electrons. The first-order chi connectivity index (χ1) is 13.5. The molecule has 1 N–H and O–H groups in total. The number of ketones is 1. The normalized spacial score (nSPS) is 11.3. The highest BCUT2D eigenvalue weighted by Gasteiger charge is 2.35. The Morgan fingerprint density at radius 3 is 2.52 bits per heavy atom. The van der Waals surface area contributed by atoms with Crippen molar-refractivity contribution in [1.29, 1.82) is 5.26 Å². The molecule has 1 aromatic carbocycles. The lowest BCUT2D eigenvalue weighted by atomic mass is 10.1. The molecule has 0 saturated heterocycles. The molecule has 0 radical (unpaired) electrons. The summed E-state index contributed by atoms with van der Waals surface area (Å²) in [5.41, 5.74) is -2.35. The van der Waals surface area contributed by atoms with Gasteiger partial charge < -0.3 is 5.11 Å². The number of carbonyl (C=O) groups excluding carboxylic acids is 1. The summed E-state index contributed by atoms with van der Waals surface area (Å²) in [6.07, 6.45) is -2.82. The Morgan fingerprint density at radius 2 is 1.97 bits per heavy atom. The van der Waals surface area contributed by atoms with E-state index in [0.717, 1.165) is 27.6 Å². The average Bonchev–Trinajstić information content (AvgIpc) is 2.94. The molecule has 0 aliphatic heterocycles. The van der Waals surface area contributed by atoms with Crippen LogP contribution in [0, 0.1) is 21.9 Å². The van der Waals surface area contributed by atoms with Crippen LogP contribution in [0.4, 0.5) is 17.6 Å². The molecular weight excluding hydrogens is 412 g/mol. The van der Waals surface area contributed by atoms with Gasteiger partial charge in [0, 0.05) is 0 Å². The number of imidazole rings is 1. The lowest BCUT2D eigenvalue weighted by molar-refractivity contribution is -0.138. The molecule has 29 heavy (non-hydrogen) atoms. The first kappa shape index (κ1) is 20.2. The molecule has 3 rings (SSSR count). The molecule has 2 heterocycles. The molecule has 0 amide bonds. The van der Waals surface area contributed by atoms with Crippen LogP contribution in [0.15, 0.2) is 36.7 Å². The number of benzene rings is 1. The molecule has 0 spiro atoms. The molecule has 11 heteroatoms. The number of pyridine rings is 1. The summed E-state index contributed by atoms with van der Waals surface area (Å²) in [4.78, 5) is 14.8. The fourth-order valence-corrected chi connectivity index (χ4v) is 3.04. The van der Waals surface area contributed by atoms with E-state index in [1.54, 1.807) is 0 Å². The van der Waals surface area contributed by atoms with Crippen LogP contribution < -0.4 is 0 Å². The van der Waals surface area contributed by atoms with Crippen molar-refractivity contribution in [2.75, 3.05) is 0 Å². The maximum Gasteiger partial charge on any atom is 0.419 e. The first-order valence-corrected chi connectivity index (χ1v) is 8.27. The van der Waals surface area contributed by atoms with Gasteiger partial charge in [-0.25, -0.2) is 9.37 Å². The van der Waals surface area contributed by atoms with Crippen LogP contribution in [0.2, 0.25) is 0 Å². The van der Waals surface area contributed by atoms with E-state index >= 15 is 0 Å². The van der Waals surface area contributed by atoms with Crippen molar-refractivity contribution in [3.05, 3.63) is 64.1 Å². The van der Waals surface area contributed by atoms with Crippen molar-refractivity contribution in [2.45, 2.75) is 13.1 Å². The highest BCUT2D eigenvalue weighted by molar-refractivity contribution is 7.71. The number of aromatic hydroxyl groups is 1. The van der Waals surface area contributed by atoms with Gasteiger partial charge in [0.15, 0.2) is 16.2 Å². The molecule has 0 unspecified atom stereocenters. The number of alkyl halides is 3. The van der Waals surface area contributed by atoms with Crippen LogP contribution in [0.3, 0.4) is 0 Å².